The van der Waals surface area contributed by atoms with Crippen LogP contribution in [0.1, 0.15) is 28.3 Å². The molecule has 1 saturated heterocycles. The maximum absolute atomic E-state index is 12.8. The van der Waals surface area contributed by atoms with Gasteiger partial charge in [0.15, 0.2) is 5.76 Å². The first-order chi connectivity index (χ1) is 11.1. The van der Waals surface area contributed by atoms with E-state index in [2.05, 4.69) is 0 Å². The van der Waals surface area contributed by atoms with Gasteiger partial charge in [-0.1, -0.05) is 6.07 Å². The van der Waals surface area contributed by atoms with Gasteiger partial charge in [-0.25, -0.2) is 0 Å². The molecule has 122 valence electrons. The van der Waals surface area contributed by atoms with Gasteiger partial charge in [-0.05, 0) is 30.4 Å². The number of amides is 1. The van der Waals surface area contributed by atoms with Gasteiger partial charge in [0.05, 0.1) is 12.6 Å². The lowest BCUT2D eigenvalue weighted by molar-refractivity contribution is -0.402. The van der Waals surface area contributed by atoms with Crippen LogP contribution in [0, 0.1) is 10.1 Å². The van der Waals surface area contributed by atoms with Crippen molar-refractivity contribution in [2.24, 2.45) is 0 Å². The summed E-state index contributed by atoms with van der Waals surface area (Å²) >= 11 is 1.57. The summed E-state index contributed by atoms with van der Waals surface area (Å²) < 4.78 is 10.4. The molecule has 0 unspecified atom stereocenters. The van der Waals surface area contributed by atoms with E-state index in [4.69, 9.17) is 9.15 Å². The number of rotatable bonds is 5. The predicted octanol–water partition coefficient (Wildman–Crippen LogP) is 3.07. The van der Waals surface area contributed by atoms with Gasteiger partial charge < -0.3 is 14.1 Å². The molecule has 0 aliphatic carbocycles. The maximum atomic E-state index is 12.8. The predicted molar refractivity (Wildman–Crippen MR) is 83.4 cm³/mol. The summed E-state index contributed by atoms with van der Waals surface area (Å²) in [6.45, 7) is 1.68. The van der Waals surface area contributed by atoms with Crippen LogP contribution in [-0.4, -0.2) is 35.0 Å². The monoisotopic (exact) mass is 336 g/mol. The quantitative estimate of drug-likeness (QED) is 0.619. The lowest BCUT2D eigenvalue weighted by atomic mass is 10.1. The average molecular weight is 336 g/mol. The zero-order valence-electron chi connectivity index (χ0n) is 12.3. The molecule has 1 aliphatic heterocycles. The van der Waals surface area contributed by atoms with E-state index in [1.807, 2.05) is 17.5 Å². The van der Waals surface area contributed by atoms with Crippen LogP contribution in [0.15, 0.2) is 34.1 Å². The van der Waals surface area contributed by atoms with E-state index in [0.717, 1.165) is 17.7 Å². The molecule has 0 atom stereocenters. The fourth-order valence-electron chi connectivity index (χ4n) is 2.62. The first-order valence-electron chi connectivity index (χ1n) is 7.30. The Labute approximate surface area is 136 Å². The normalized spacial score (nSPS) is 15.5. The molecular formula is C15H16N2O5S. The smallest absolute Gasteiger partial charge is 0.395 e. The largest absolute Gasteiger partial charge is 0.433 e. The number of hydrogen-bond acceptors (Lipinski definition) is 6. The second-order valence-corrected chi connectivity index (χ2v) is 6.28. The van der Waals surface area contributed by atoms with Gasteiger partial charge in [-0.15, -0.1) is 11.3 Å². The van der Waals surface area contributed by atoms with Crippen LogP contribution in [0.25, 0.3) is 0 Å². The molecule has 0 aromatic carbocycles. The topological polar surface area (TPSA) is 85.8 Å². The van der Waals surface area contributed by atoms with E-state index in [9.17, 15) is 14.9 Å². The van der Waals surface area contributed by atoms with Gasteiger partial charge in [0.25, 0.3) is 5.91 Å². The van der Waals surface area contributed by atoms with Crippen molar-refractivity contribution in [3.63, 3.8) is 0 Å². The molecule has 7 nitrogen and oxygen atoms in total. The summed E-state index contributed by atoms with van der Waals surface area (Å²) in [7, 11) is 0. The number of carbonyl (C=O) groups is 1. The van der Waals surface area contributed by atoms with Crippen LogP contribution in [0.4, 0.5) is 5.88 Å². The van der Waals surface area contributed by atoms with Gasteiger partial charge in [-0.2, -0.15) is 0 Å². The van der Waals surface area contributed by atoms with Crippen molar-refractivity contribution in [1.82, 2.24) is 4.90 Å². The fraction of sp³-hybridized carbons (Fsp3) is 0.400. The standard InChI is InChI=1S/C15H16N2O5S/c18-15(13-3-4-14(22-13)17(19)20)16(10-12-2-1-9-23-12)11-5-7-21-8-6-11/h1-4,9,11H,5-8,10H2. The zero-order chi connectivity index (χ0) is 16.2. The Morgan fingerprint density at radius 2 is 2.13 bits per heavy atom. The number of carbonyl (C=O) groups excluding carboxylic acids is 1. The van der Waals surface area contributed by atoms with E-state index < -0.39 is 10.8 Å². The van der Waals surface area contributed by atoms with E-state index >= 15 is 0 Å². The highest BCUT2D eigenvalue weighted by Gasteiger charge is 2.29. The third-order valence-electron chi connectivity index (χ3n) is 3.78. The summed E-state index contributed by atoms with van der Waals surface area (Å²) in [5.74, 6) is -0.741. The van der Waals surface area contributed by atoms with Crippen LogP contribution >= 0.6 is 11.3 Å². The highest BCUT2D eigenvalue weighted by atomic mass is 32.1. The number of nitrogens with zero attached hydrogens (tertiary/aromatic N) is 2. The SMILES string of the molecule is O=C(c1ccc([N+](=O)[O-])o1)N(Cc1cccs1)C1CCOCC1. The molecular weight excluding hydrogens is 320 g/mol. The Morgan fingerprint density at radius 3 is 2.74 bits per heavy atom. The summed E-state index contributed by atoms with van der Waals surface area (Å²) in [6.07, 6.45) is 1.50. The zero-order valence-corrected chi connectivity index (χ0v) is 13.2. The van der Waals surface area contributed by atoms with E-state index in [1.54, 1.807) is 16.2 Å². The van der Waals surface area contributed by atoms with Crippen molar-refractivity contribution < 1.29 is 18.9 Å². The van der Waals surface area contributed by atoms with E-state index in [-0.39, 0.29) is 17.7 Å². The van der Waals surface area contributed by atoms with Crippen LogP contribution < -0.4 is 0 Å². The molecule has 1 aliphatic rings. The van der Waals surface area contributed by atoms with Gasteiger partial charge in [-0.3, -0.25) is 14.9 Å². The number of nitro groups is 1. The van der Waals surface area contributed by atoms with E-state index in [1.165, 1.54) is 12.1 Å². The molecule has 3 heterocycles. The highest BCUT2D eigenvalue weighted by molar-refractivity contribution is 7.09. The van der Waals surface area contributed by atoms with Crippen LogP contribution in [-0.2, 0) is 11.3 Å². The molecule has 2 aromatic heterocycles. The van der Waals surface area contributed by atoms with Crippen molar-refractivity contribution in [2.75, 3.05) is 13.2 Å². The second kappa shape index (κ2) is 6.93. The second-order valence-electron chi connectivity index (χ2n) is 5.25. The molecule has 0 spiro atoms. The molecule has 0 radical (unpaired) electrons. The van der Waals surface area contributed by atoms with Crippen molar-refractivity contribution in [1.29, 1.82) is 0 Å². The Balaban J connectivity index is 1.83. The molecule has 2 aromatic rings. The third-order valence-corrected chi connectivity index (χ3v) is 4.64. The Kier molecular flexibility index (Phi) is 4.73. The lowest BCUT2D eigenvalue weighted by Crippen LogP contribution is -2.42. The number of ether oxygens (including phenoxy) is 1. The Morgan fingerprint density at radius 1 is 1.35 bits per heavy atom. The summed E-state index contributed by atoms with van der Waals surface area (Å²) in [5, 5.41) is 12.7. The Hall–Kier alpha value is -2.19. The van der Waals surface area contributed by atoms with Crippen molar-refractivity contribution in [3.05, 3.63) is 50.4 Å². The summed E-state index contributed by atoms with van der Waals surface area (Å²) in [6, 6.07) is 6.52. The lowest BCUT2D eigenvalue weighted by Gasteiger charge is -2.33. The highest BCUT2D eigenvalue weighted by Crippen LogP contribution is 2.24. The van der Waals surface area contributed by atoms with Crippen molar-refractivity contribution in [2.45, 2.75) is 25.4 Å². The Bertz CT molecular complexity index is 676. The number of furan rings is 1. The number of thiophene rings is 1. The number of hydrogen-bond donors (Lipinski definition) is 0. The third kappa shape index (κ3) is 3.59. The molecule has 0 saturated carbocycles. The van der Waals surface area contributed by atoms with Crippen LogP contribution in [0.2, 0.25) is 0 Å². The first kappa shape index (κ1) is 15.7. The molecule has 23 heavy (non-hydrogen) atoms. The van der Waals surface area contributed by atoms with Crippen LogP contribution in [0.3, 0.4) is 0 Å². The maximum Gasteiger partial charge on any atom is 0.433 e. The van der Waals surface area contributed by atoms with Gasteiger partial charge >= 0.3 is 5.88 Å². The average Bonchev–Trinajstić information content (AvgIpc) is 3.24. The first-order valence-corrected chi connectivity index (χ1v) is 8.18. The molecule has 3 rings (SSSR count). The minimum absolute atomic E-state index is 0.000233. The summed E-state index contributed by atoms with van der Waals surface area (Å²) in [4.78, 5) is 25.7. The van der Waals surface area contributed by atoms with Crippen LogP contribution in [0.5, 0.6) is 0 Å². The van der Waals surface area contributed by atoms with Crippen molar-refractivity contribution >= 4 is 23.1 Å². The fourth-order valence-corrected chi connectivity index (χ4v) is 3.32. The summed E-state index contributed by atoms with van der Waals surface area (Å²) in [5.41, 5.74) is 0. The van der Waals surface area contributed by atoms with Gasteiger partial charge in [0.2, 0.25) is 0 Å². The van der Waals surface area contributed by atoms with Crippen molar-refractivity contribution in [3.8, 4) is 0 Å². The minimum Gasteiger partial charge on any atom is -0.395 e. The minimum atomic E-state index is -0.644. The van der Waals surface area contributed by atoms with E-state index in [0.29, 0.717) is 19.8 Å². The molecule has 0 N–H and O–H groups in total. The molecule has 8 heteroatoms. The van der Waals surface area contributed by atoms with Gasteiger partial charge in [0.1, 0.15) is 4.92 Å². The molecule has 1 fully saturated rings. The molecule has 1 amide bonds. The molecule has 0 bridgehead atoms. The van der Waals surface area contributed by atoms with Gasteiger partial charge in [0, 0.05) is 24.1 Å².